The van der Waals surface area contributed by atoms with Crippen molar-refractivity contribution in [2.75, 3.05) is 44.4 Å². The molecule has 2 aromatic rings. The van der Waals surface area contributed by atoms with E-state index in [1.54, 1.807) is 18.2 Å². The van der Waals surface area contributed by atoms with Gasteiger partial charge >= 0.3 is 12.1 Å². The van der Waals surface area contributed by atoms with E-state index in [-0.39, 0.29) is 30.8 Å². The molecule has 260 valence electrons. The second-order valence-electron chi connectivity index (χ2n) is 11.5. The van der Waals surface area contributed by atoms with Gasteiger partial charge in [-0.2, -0.15) is 13.2 Å². The van der Waals surface area contributed by atoms with E-state index in [0.29, 0.717) is 44.5 Å². The zero-order valence-electron chi connectivity index (χ0n) is 25.7. The Kier molecular flexibility index (Phi) is 12.3. The number of carboxylic acid groups (broad SMARTS) is 1. The molecule has 2 aliphatic rings. The molecule has 7 N–H and O–H groups in total. The number of nitrogens with zero attached hydrogens (tertiary/aromatic N) is 1. The lowest BCUT2D eigenvalue weighted by molar-refractivity contribution is -0.294. The number of aliphatic hydroxyl groups excluding tert-OH is 3. The summed E-state index contributed by atoms with van der Waals surface area (Å²) in [6, 6.07) is 9.87. The van der Waals surface area contributed by atoms with Crippen molar-refractivity contribution in [3.8, 4) is 11.5 Å². The van der Waals surface area contributed by atoms with Crippen molar-refractivity contribution in [3.63, 3.8) is 0 Å². The predicted octanol–water partition coefficient (Wildman–Crippen LogP) is 0.988. The minimum Gasteiger partial charge on any atom is -0.488 e. The fraction of sp³-hybridized carbons (Fsp3) is 0.548. The highest BCUT2D eigenvalue weighted by molar-refractivity contribution is 6.00. The molecule has 4 rings (SSSR count). The third kappa shape index (κ3) is 9.68. The number of nitrogens with one attached hydrogen (secondary N) is 1. The largest absolute Gasteiger partial charge is 0.488 e. The lowest BCUT2D eigenvalue weighted by Crippen LogP contribution is -2.60. The molecule has 2 aromatic carbocycles. The molecule has 6 atom stereocenters. The van der Waals surface area contributed by atoms with Crippen LogP contribution >= 0.6 is 0 Å². The van der Waals surface area contributed by atoms with E-state index in [1.165, 1.54) is 12.1 Å². The Labute approximate surface area is 269 Å². The number of alkyl halides is 3. The SMILES string of the molecule is C[C@H](Cc1cc2c(c(C(N)=O)c1)N(CCCO[C@@H]1O[C@H](C(=O)O)[C@@H](O)[C@H](O)[C@H]1O)CC2)NCCOc1ccccc1OCC(F)(F)F. The molecular formula is C31H40F3N3O10. The number of primary amides is 1. The summed E-state index contributed by atoms with van der Waals surface area (Å²) in [6.07, 6.45) is -11.2. The van der Waals surface area contributed by atoms with Crippen LogP contribution in [0.15, 0.2) is 36.4 Å². The molecule has 0 unspecified atom stereocenters. The van der Waals surface area contributed by atoms with Crippen LogP contribution in [0.4, 0.5) is 18.9 Å². The van der Waals surface area contributed by atoms with Gasteiger partial charge in [-0.05, 0) is 55.5 Å². The Bertz CT molecular complexity index is 1380. The lowest BCUT2D eigenvalue weighted by Gasteiger charge is -2.38. The number of hydrogen-bond donors (Lipinski definition) is 6. The van der Waals surface area contributed by atoms with E-state index in [2.05, 4.69) is 5.32 Å². The van der Waals surface area contributed by atoms with Crippen molar-refractivity contribution in [2.45, 2.75) is 69.1 Å². The van der Waals surface area contributed by atoms with Crippen LogP contribution in [-0.2, 0) is 27.1 Å². The van der Waals surface area contributed by atoms with Crippen LogP contribution in [-0.4, -0.2) is 115 Å². The standard InChI is InChI=1S/C31H40F3N3O10/c1-17(36-8-12-44-21-5-2-3-6-22(21)46-16-31(32,33)34)13-18-14-19-7-10-37(23(19)20(15-18)28(35)41)9-4-11-45-30-26(40)24(38)25(39)27(47-30)29(42)43/h2-3,5-6,14-15,17,24-27,30,36,38-40H,4,7-13,16H2,1H3,(H2,35,41)(H,42,43)/t17-,24+,25+,26-,27+,30-/m1/s1. The first-order valence-electron chi connectivity index (χ1n) is 15.1. The molecule has 0 radical (unpaired) electrons. The fourth-order valence-corrected chi connectivity index (χ4v) is 5.61. The third-order valence-corrected chi connectivity index (χ3v) is 7.78. The summed E-state index contributed by atoms with van der Waals surface area (Å²) in [5, 5.41) is 42.4. The van der Waals surface area contributed by atoms with Gasteiger partial charge in [0.05, 0.1) is 17.9 Å². The molecule has 13 nitrogen and oxygen atoms in total. The highest BCUT2D eigenvalue weighted by Crippen LogP contribution is 2.34. The summed E-state index contributed by atoms with van der Waals surface area (Å²) in [5.41, 5.74) is 8.70. The maximum absolute atomic E-state index is 12.5. The molecule has 1 amide bonds. The Morgan fingerprint density at radius 1 is 1.09 bits per heavy atom. The number of anilines is 1. The third-order valence-electron chi connectivity index (χ3n) is 7.78. The maximum atomic E-state index is 12.5. The topological polar surface area (TPSA) is 193 Å². The first-order valence-corrected chi connectivity index (χ1v) is 15.1. The van der Waals surface area contributed by atoms with Gasteiger partial charge in [0.15, 0.2) is 30.5 Å². The fourth-order valence-electron chi connectivity index (χ4n) is 5.61. The number of amides is 1. The summed E-state index contributed by atoms with van der Waals surface area (Å²) in [5.74, 6) is -1.88. The number of hydrogen-bond acceptors (Lipinski definition) is 11. The minimum atomic E-state index is -4.46. The molecule has 1 saturated heterocycles. The van der Waals surface area contributed by atoms with Gasteiger partial charge in [0.25, 0.3) is 5.91 Å². The number of aliphatic carboxylic acids is 1. The molecule has 1 fully saturated rings. The first-order chi connectivity index (χ1) is 22.2. The van der Waals surface area contributed by atoms with Gasteiger partial charge in [-0.1, -0.05) is 18.2 Å². The monoisotopic (exact) mass is 671 g/mol. The van der Waals surface area contributed by atoms with Gasteiger partial charge in [-0.15, -0.1) is 0 Å². The summed E-state index contributed by atoms with van der Waals surface area (Å²) in [7, 11) is 0. The van der Waals surface area contributed by atoms with Crippen LogP contribution in [0.3, 0.4) is 0 Å². The van der Waals surface area contributed by atoms with Crippen molar-refractivity contribution in [2.24, 2.45) is 5.73 Å². The molecule has 0 aromatic heterocycles. The molecule has 0 spiro atoms. The van der Waals surface area contributed by atoms with Crippen molar-refractivity contribution < 1.29 is 62.1 Å². The normalized spacial score (nSPS) is 23.3. The van der Waals surface area contributed by atoms with E-state index in [4.69, 9.17) is 24.7 Å². The highest BCUT2D eigenvalue weighted by atomic mass is 19.4. The number of aliphatic hydroxyl groups is 3. The molecule has 2 heterocycles. The average Bonchev–Trinajstić information content (AvgIpc) is 3.42. The van der Waals surface area contributed by atoms with Gasteiger partial charge in [0, 0.05) is 25.7 Å². The Balaban J connectivity index is 1.27. The minimum absolute atomic E-state index is 0.00283. The van der Waals surface area contributed by atoms with Gasteiger partial charge in [-0.25, -0.2) is 4.79 Å². The molecule has 16 heteroatoms. The molecule has 47 heavy (non-hydrogen) atoms. The number of carbonyl (C=O) groups excluding carboxylic acids is 1. The van der Waals surface area contributed by atoms with Crippen LogP contribution in [0.5, 0.6) is 11.5 Å². The van der Waals surface area contributed by atoms with E-state index >= 15 is 0 Å². The predicted molar refractivity (Wildman–Crippen MR) is 160 cm³/mol. The number of carboxylic acids is 1. The van der Waals surface area contributed by atoms with Crippen molar-refractivity contribution >= 4 is 17.6 Å². The number of rotatable bonds is 16. The van der Waals surface area contributed by atoms with E-state index in [1.807, 2.05) is 17.9 Å². The van der Waals surface area contributed by atoms with Gasteiger partial charge in [-0.3, -0.25) is 4.79 Å². The highest BCUT2D eigenvalue weighted by Gasteiger charge is 2.47. The number of halogens is 3. The number of fused-ring (bicyclic) bond motifs is 1. The number of nitrogens with two attached hydrogens (primary N) is 1. The van der Waals surface area contributed by atoms with E-state index < -0.39 is 55.4 Å². The quantitative estimate of drug-likeness (QED) is 0.139. The Hall–Kier alpha value is -3.67. The van der Waals surface area contributed by atoms with Gasteiger partial charge in [0.1, 0.15) is 24.9 Å². The number of para-hydroxylation sites is 2. The van der Waals surface area contributed by atoms with Gasteiger partial charge in [0.2, 0.25) is 0 Å². The van der Waals surface area contributed by atoms with Crippen LogP contribution < -0.4 is 25.4 Å². The second-order valence-corrected chi connectivity index (χ2v) is 11.5. The maximum Gasteiger partial charge on any atom is 0.422 e. The zero-order valence-corrected chi connectivity index (χ0v) is 25.7. The van der Waals surface area contributed by atoms with Crippen molar-refractivity contribution in [3.05, 3.63) is 53.1 Å². The smallest absolute Gasteiger partial charge is 0.422 e. The van der Waals surface area contributed by atoms with Gasteiger partial charge < -0.3 is 55.3 Å². The second kappa shape index (κ2) is 16.0. The number of carbonyl (C=O) groups is 2. The van der Waals surface area contributed by atoms with Crippen LogP contribution in [0.2, 0.25) is 0 Å². The van der Waals surface area contributed by atoms with E-state index in [0.717, 1.165) is 16.8 Å². The molecule has 0 saturated carbocycles. The number of ether oxygens (including phenoxy) is 4. The van der Waals surface area contributed by atoms with Crippen LogP contribution in [0.25, 0.3) is 0 Å². The van der Waals surface area contributed by atoms with Crippen LogP contribution in [0, 0.1) is 0 Å². The molecular weight excluding hydrogens is 631 g/mol. The summed E-state index contributed by atoms with van der Waals surface area (Å²) < 4.78 is 58.7. The lowest BCUT2D eigenvalue weighted by atomic mass is 9.98. The molecule has 2 aliphatic heterocycles. The first kappa shape index (κ1) is 36.2. The molecule has 0 bridgehead atoms. The summed E-state index contributed by atoms with van der Waals surface area (Å²) >= 11 is 0. The van der Waals surface area contributed by atoms with Crippen LogP contribution in [0.1, 0.15) is 34.8 Å². The zero-order chi connectivity index (χ0) is 34.3. The average molecular weight is 672 g/mol. The number of benzene rings is 2. The Morgan fingerprint density at radius 3 is 2.45 bits per heavy atom. The summed E-state index contributed by atoms with van der Waals surface area (Å²) in [4.78, 5) is 25.8. The van der Waals surface area contributed by atoms with Crippen molar-refractivity contribution in [1.29, 1.82) is 0 Å². The Morgan fingerprint density at radius 2 is 1.79 bits per heavy atom. The van der Waals surface area contributed by atoms with Crippen molar-refractivity contribution in [1.82, 2.24) is 5.32 Å². The summed E-state index contributed by atoms with van der Waals surface area (Å²) in [6.45, 7) is 2.22. The molecule has 0 aliphatic carbocycles. The van der Waals surface area contributed by atoms with E-state index in [9.17, 15) is 43.2 Å².